The number of hydrogen-bond donors (Lipinski definition) is 4. The van der Waals surface area contributed by atoms with E-state index in [0.717, 1.165) is 12.8 Å². The van der Waals surface area contributed by atoms with E-state index in [1.165, 1.54) is 0 Å². The fraction of sp³-hybridized carbons (Fsp3) is 0.800. The van der Waals surface area contributed by atoms with Gasteiger partial charge in [0.15, 0.2) is 0 Å². The van der Waals surface area contributed by atoms with E-state index >= 15 is 0 Å². The molecule has 0 bridgehead atoms. The van der Waals surface area contributed by atoms with E-state index in [2.05, 4.69) is 5.32 Å². The molecule has 1 unspecified atom stereocenters. The molecule has 94 valence electrons. The molecule has 1 atom stereocenters. The molecular weight excluding hydrogens is 210 g/mol. The van der Waals surface area contributed by atoms with Gasteiger partial charge in [-0.1, -0.05) is 0 Å². The number of aliphatic carboxylic acids is 1. The highest BCUT2D eigenvalue weighted by Gasteiger charge is 2.10. The zero-order valence-electron chi connectivity index (χ0n) is 9.45. The van der Waals surface area contributed by atoms with Gasteiger partial charge in [-0.15, -0.1) is 0 Å². The quantitative estimate of drug-likeness (QED) is 0.396. The van der Waals surface area contributed by atoms with Gasteiger partial charge in [0, 0.05) is 13.0 Å². The lowest BCUT2D eigenvalue weighted by Crippen LogP contribution is -2.32. The van der Waals surface area contributed by atoms with Crippen LogP contribution < -0.4 is 16.8 Å². The Morgan fingerprint density at radius 3 is 2.50 bits per heavy atom. The molecule has 0 saturated heterocycles. The molecule has 0 heterocycles. The normalized spacial score (nSPS) is 12.1. The second-order valence-electron chi connectivity index (χ2n) is 3.68. The summed E-state index contributed by atoms with van der Waals surface area (Å²) in [6, 6.07) is -0.839. The Hall–Kier alpha value is -1.14. The molecule has 0 aliphatic carbocycles. The zero-order chi connectivity index (χ0) is 12.4. The first-order valence-electron chi connectivity index (χ1n) is 5.53. The average molecular weight is 231 g/mol. The van der Waals surface area contributed by atoms with Crippen molar-refractivity contribution in [2.75, 3.05) is 13.1 Å². The van der Waals surface area contributed by atoms with E-state index in [0.29, 0.717) is 32.4 Å². The number of hydrogen-bond acceptors (Lipinski definition) is 4. The number of carbonyl (C=O) groups is 2. The number of unbranched alkanes of at least 4 members (excludes halogenated alkanes) is 1. The highest BCUT2D eigenvalue weighted by atomic mass is 16.4. The highest BCUT2D eigenvalue weighted by Crippen LogP contribution is 1.95. The van der Waals surface area contributed by atoms with Crippen LogP contribution in [0.15, 0.2) is 0 Å². The van der Waals surface area contributed by atoms with Crippen LogP contribution in [-0.4, -0.2) is 36.1 Å². The maximum absolute atomic E-state index is 11.2. The summed E-state index contributed by atoms with van der Waals surface area (Å²) in [7, 11) is 0. The topological polar surface area (TPSA) is 118 Å². The Morgan fingerprint density at radius 2 is 1.94 bits per heavy atom. The first-order valence-corrected chi connectivity index (χ1v) is 5.53. The molecule has 6 heteroatoms. The summed E-state index contributed by atoms with van der Waals surface area (Å²) >= 11 is 0. The van der Waals surface area contributed by atoms with Crippen LogP contribution >= 0.6 is 0 Å². The summed E-state index contributed by atoms with van der Waals surface area (Å²) < 4.78 is 0. The minimum Gasteiger partial charge on any atom is -0.480 e. The van der Waals surface area contributed by atoms with Crippen LogP contribution in [0.3, 0.4) is 0 Å². The van der Waals surface area contributed by atoms with E-state index in [1.807, 2.05) is 0 Å². The third-order valence-electron chi connectivity index (χ3n) is 2.19. The molecule has 0 rings (SSSR count). The Balaban J connectivity index is 3.37. The number of nitrogens with two attached hydrogens (primary N) is 2. The second-order valence-corrected chi connectivity index (χ2v) is 3.68. The fourth-order valence-electron chi connectivity index (χ4n) is 1.19. The highest BCUT2D eigenvalue weighted by molar-refractivity contribution is 5.75. The van der Waals surface area contributed by atoms with Crippen molar-refractivity contribution in [1.82, 2.24) is 5.32 Å². The SMILES string of the molecule is NCCCCC(=O)NCCCC(N)C(=O)O. The molecule has 0 spiro atoms. The van der Waals surface area contributed by atoms with Gasteiger partial charge in [-0.3, -0.25) is 9.59 Å². The smallest absolute Gasteiger partial charge is 0.320 e. The lowest BCUT2D eigenvalue weighted by atomic mass is 10.1. The fourth-order valence-corrected chi connectivity index (χ4v) is 1.19. The molecule has 0 radical (unpaired) electrons. The molecule has 16 heavy (non-hydrogen) atoms. The number of carboxylic acids is 1. The number of amides is 1. The Labute approximate surface area is 95.4 Å². The maximum Gasteiger partial charge on any atom is 0.320 e. The minimum absolute atomic E-state index is 0.0163. The van der Waals surface area contributed by atoms with Crippen molar-refractivity contribution >= 4 is 11.9 Å². The summed E-state index contributed by atoms with van der Waals surface area (Å²) in [5.41, 5.74) is 10.6. The Morgan fingerprint density at radius 1 is 1.25 bits per heavy atom. The molecule has 6 N–H and O–H groups in total. The van der Waals surface area contributed by atoms with Crippen LogP contribution in [0.2, 0.25) is 0 Å². The van der Waals surface area contributed by atoms with Crippen molar-refractivity contribution in [3.05, 3.63) is 0 Å². The number of rotatable bonds is 9. The van der Waals surface area contributed by atoms with Gasteiger partial charge in [0.1, 0.15) is 6.04 Å². The average Bonchev–Trinajstić information content (AvgIpc) is 2.24. The molecule has 0 saturated carbocycles. The molecule has 0 aliphatic rings. The lowest BCUT2D eigenvalue weighted by Gasteiger charge is -2.07. The molecule has 0 fully saturated rings. The van der Waals surface area contributed by atoms with E-state index in [9.17, 15) is 9.59 Å². The van der Waals surface area contributed by atoms with Gasteiger partial charge in [-0.2, -0.15) is 0 Å². The summed E-state index contributed by atoms with van der Waals surface area (Å²) in [6.45, 7) is 1.07. The summed E-state index contributed by atoms with van der Waals surface area (Å²) in [6.07, 6.45) is 3.06. The van der Waals surface area contributed by atoms with Crippen molar-refractivity contribution in [2.24, 2.45) is 11.5 Å². The van der Waals surface area contributed by atoms with Crippen LogP contribution in [-0.2, 0) is 9.59 Å². The molecule has 0 aromatic rings. The van der Waals surface area contributed by atoms with Gasteiger partial charge in [0.25, 0.3) is 0 Å². The first kappa shape index (κ1) is 14.9. The number of carboxylic acid groups (broad SMARTS) is 1. The Bertz CT molecular complexity index is 221. The van der Waals surface area contributed by atoms with Crippen LogP contribution in [0.4, 0.5) is 0 Å². The van der Waals surface area contributed by atoms with Gasteiger partial charge >= 0.3 is 5.97 Å². The number of nitrogens with one attached hydrogen (secondary N) is 1. The zero-order valence-corrected chi connectivity index (χ0v) is 9.45. The first-order chi connectivity index (χ1) is 7.57. The van der Waals surface area contributed by atoms with Crippen LogP contribution in [0.25, 0.3) is 0 Å². The van der Waals surface area contributed by atoms with E-state index in [-0.39, 0.29) is 5.91 Å². The molecule has 0 aliphatic heterocycles. The Kier molecular flexibility index (Phi) is 8.46. The van der Waals surface area contributed by atoms with Crippen molar-refractivity contribution in [3.63, 3.8) is 0 Å². The molecule has 0 aromatic carbocycles. The maximum atomic E-state index is 11.2. The molecule has 1 amide bonds. The van der Waals surface area contributed by atoms with Crippen LogP contribution in [0.1, 0.15) is 32.1 Å². The second kappa shape index (κ2) is 9.11. The number of carbonyl (C=O) groups excluding carboxylic acids is 1. The van der Waals surface area contributed by atoms with Crippen LogP contribution in [0.5, 0.6) is 0 Å². The third-order valence-corrected chi connectivity index (χ3v) is 2.19. The van der Waals surface area contributed by atoms with Crippen molar-refractivity contribution in [1.29, 1.82) is 0 Å². The van der Waals surface area contributed by atoms with E-state index in [1.54, 1.807) is 0 Å². The van der Waals surface area contributed by atoms with Crippen molar-refractivity contribution in [2.45, 2.75) is 38.1 Å². The van der Waals surface area contributed by atoms with Crippen LogP contribution in [0, 0.1) is 0 Å². The van der Waals surface area contributed by atoms with E-state index in [4.69, 9.17) is 16.6 Å². The van der Waals surface area contributed by atoms with Gasteiger partial charge in [-0.05, 0) is 32.2 Å². The molecule has 0 aromatic heterocycles. The predicted octanol–water partition coefficient (Wildman–Crippen LogP) is -0.576. The van der Waals surface area contributed by atoms with Gasteiger partial charge in [-0.25, -0.2) is 0 Å². The standard InChI is InChI=1S/C10H21N3O3/c11-6-2-1-5-9(14)13-7-3-4-8(12)10(15)16/h8H,1-7,11-12H2,(H,13,14)(H,15,16). The van der Waals surface area contributed by atoms with E-state index < -0.39 is 12.0 Å². The van der Waals surface area contributed by atoms with Gasteiger partial charge in [0.2, 0.25) is 5.91 Å². The lowest BCUT2D eigenvalue weighted by molar-refractivity contribution is -0.138. The summed E-state index contributed by atoms with van der Waals surface area (Å²) in [5, 5.41) is 11.2. The van der Waals surface area contributed by atoms with Gasteiger partial charge in [0.05, 0.1) is 0 Å². The minimum atomic E-state index is -1.01. The monoisotopic (exact) mass is 231 g/mol. The third kappa shape index (κ3) is 8.19. The van der Waals surface area contributed by atoms with Crippen molar-refractivity contribution < 1.29 is 14.7 Å². The predicted molar refractivity (Wildman–Crippen MR) is 60.8 cm³/mol. The molecule has 6 nitrogen and oxygen atoms in total. The summed E-state index contributed by atoms with van der Waals surface area (Å²) in [4.78, 5) is 21.6. The van der Waals surface area contributed by atoms with Gasteiger partial charge < -0.3 is 21.9 Å². The summed E-state index contributed by atoms with van der Waals surface area (Å²) in [5.74, 6) is -1.02. The van der Waals surface area contributed by atoms with Crippen molar-refractivity contribution in [3.8, 4) is 0 Å². The largest absolute Gasteiger partial charge is 0.480 e. The molecular formula is C10H21N3O3.